The minimum Gasteiger partial charge on any atom is -0.508 e. The molecule has 19 heavy (non-hydrogen) atoms. The van der Waals surface area contributed by atoms with Crippen molar-refractivity contribution in [2.24, 2.45) is 23.7 Å². The predicted octanol–water partition coefficient (Wildman–Crippen LogP) is 3.93. The van der Waals surface area contributed by atoms with Crippen molar-refractivity contribution in [2.45, 2.75) is 26.9 Å². The second kappa shape index (κ2) is 4.68. The number of allylic oxidation sites excluding steroid dienone is 1. The fraction of sp³-hybridized carbons (Fsp3) is 0.529. The average Bonchev–Trinajstić information content (AvgIpc) is 2.37. The van der Waals surface area contributed by atoms with Gasteiger partial charge in [-0.25, -0.2) is 0 Å². The van der Waals surface area contributed by atoms with E-state index in [2.05, 4.69) is 26.8 Å². The van der Waals surface area contributed by atoms with Crippen molar-refractivity contribution < 1.29 is 9.84 Å². The lowest BCUT2D eigenvalue weighted by Gasteiger charge is -2.47. The first-order chi connectivity index (χ1) is 9.08. The number of fused-ring (bicyclic) bond motifs is 2. The standard InChI is InChI=1S/C17H22O2/c1-10-8-11(2)16-12(3)15(10)9-19-17(16)13-4-6-14(18)7-5-13/h4-8,10,12,15-18H,9H2,1-3H3/t10-,12-,15+,16-,17+/m0/s1. The fourth-order valence-electron chi connectivity index (χ4n) is 3.91. The highest BCUT2D eigenvalue weighted by Gasteiger charge is 2.43. The Kier molecular flexibility index (Phi) is 3.14. The van der Waals surface area contributed by atoms with Gasteiger partial charge in [0.1, 0.15) is 5.75 Å². The van der Waals surface area contributed by atoms with Crippen molar-refractivity contribution in [1.82, 2.24) is 0 Å². The van der Waals surface area contributed by atoms with E-state index < -0.39 is 0 Å². The van der Waals surface area contributed by atoms with Crippen LogP contribution < -0.4 is 0 Å². The molecule has 0 saturated carbocycles. The van der Waals surface area contributed by atoms with E-state index in [0.717, 1.165) is 6.61 Å². The summed E-state index contributed by atoms with van der Waals surface area (Å²) in [5.74, 6) is 2.70. The molecule has 0 spiro atoms. The third-order valence-corrected chi connectivity index (χ3v) is 4.98. The number of aromatic hydroxyl groups is 1. The van der Waals surface area contributed by atoms with Gasteiger partial charge in [-0.1, -0.05) is 37.6 Å². The molecule has 2 nitrogen and oxygen atoms in total. The lowest BCUT2D eigenvalue weighted by molar-refractivity contribution is -0.0934. The van der Waals surface area contributed by atoms with Crippen LogP contribution in [0.15, 0.2) is 35.9 Å². The van der Waals surface area contributed by atoms with Gasteiger partial charge in [0.25, 0.3) is 0 Å². The molecule has 1 fully saturated rings. The Morgan fingerprint density at radius 3 is 2.53 bits per heavy atom. The third-order valence-electron chi connectivity index (χ3n) is 4.98. The highest BCUT2D eigenvalue weighted by atomic mass is 16.5. The van der Waals surface area contributed by atoms with Gasteiger partial charge in [-0.2, -0.15) is 0 Å². The molecular formula is C17H22O2. The Labute approximate surface area is 115 Å². The van der Waals surface area contributed by atoms with Crippen LogP contribution in [0.2, 0.25) is 0 Å². The maximum atomic E-state index is 9.42. The quantitative estimate of drug-likeness (QED) is 0.773. The van der Waals surface area contributed by atoms with Gasteiger partial charge in [0.05, 0.1) is 12.7 Å². The topological polar surface area (TPSA) is 29.5 Å². The molecule has 0 aromatic heterocycles. The maximum Gasteiger partial charge on any atom is 0.115 e. The summed E-state index contributed by atoms with van der Waals surface area (Å²) in [6.45, 7) is 7.73. The zero-order valence-electron chi connectivity index (χ0n) is 11.8. The molecule has 0 radical (unpaired) electrons. The van der Waals surface area contributed by atoms with E-state index in [0.29, 0.717) is 29.4 Å². The van der Waals surface area contributed by atoms with E-state index in [1.165, 1.54) is 11.1 Å². The summed E-state index contributed by atoms with van der Waals surface area (Å²) in [5.41, 5.74) is 2.63. The van der Waals surface area contributed by atoms with E-state index in [1.54, 1.807) is 12.1 Å². The minimum atomic E-state index is 0.135. The van der Waals surface area contributed by atoms with Crippen LogP contribution in [0.5, 0.6) is 5.75 Å². The Balaban J connectivity index is 1.96. The molecule has 2 bridgehead atoms. The van der Waals surface area contributed by atoms with Gasteiger partial charge in [0, 0.05) is 5.92 Å². The summed E-state index contributed by atoms with van der Waals surface area (Å²) < 4.78 is 6.16. The molecule has 5 atom stereocenters. The summed E-state index contributed by atoms with van der Waals surface area (Å²) >= 11 is 0. The fourth-order valence-corrected chi connectivity index (χ4v) is 3.91. The molecule has 2 aliphatic rings. The third kappa shape index (κ3) is 2.08. The molecule has 102 valence electrons. The Bertz CT molecular complexity index is 488. The van der Waals surface area contributed by atoms with Crippen LogP contribution >= 0.6 is 0 Å². The molecule has 1 saturated heterocycles. The second-order valence-corrected chi connectivity index (χ2v) is 6.16. The molecule has 1 aromatic rings. The van der Waals surface area contributed by atoms with Gasteiger partial charge >= 0.3 is 0 Å². The molecule has 2 heteroatoms. The first-order valence-electron chi connectivity index (χ1n) is 7.16. The van der Waals surface area contributed by atoms with Crippen LogP contribution in [-0.4, -0.2) is 11.7 Å². The Hall–Kier alpha value is -1.28. The summed E-state index contributed by atoms with van der Waals surface area (Å²) in [6, 6.07) is 7.47. The molecule has 0 amide bonds. The van der Waals surface area contributed by atoms with Crippen LogP contribution in [0.3, 0.4) is 0 Å². The normalized spacial score (nSPS) is 37.8. The van der Waals surface area contributed by atoms with Crippen molar-refractivity contribution in [1.29, 1.82) is 0 Å². The average molecular weight is 258 g/mol. The second-order valence-electron chi connectivity index (χ2n) is 6.16. The number of ether oxygens (including phenoxy) is 1. The molecule has 1 aromatic carbocycles. The van der Waals surface area contributed by atoms with E-state index in [1.807, 2.05) is 12.1 Å². The molecule has 1 heterocycles. The summed E-state index contributed by atoms with van der Waals surface area (Å²) in [6.07, 6.45) is 2.56. The first kappa shape index (κ1) is 12.7. The van der Waals surface area contributed by atoms with Gasteiger partial charge in [-0.05, 0) is 42.4 Å². The van der Waals surface area contributed by atoms with Crippen molar-refractivity contribution in [3.8, 4) is 5.75 Å². The number of hydrogen-bond acceptors (Lipinski definition) is 2. The van der Waals surface area contributed by atoms with Gasteiger partial charge in [0.15, 0.2) is 0 Å². The number of phenolic OH excluding ortho intramolecular Hbond substituents is 1. The summed E-state index contributed by atoms with van der Waals surface area (Å²) in [4.78, 5) is 0. The van der Waals surface area contributed by atoms with Gasteiger partial charge in [-0.3, -0.25) is 0 Å². The van der Waals surface area contributed by atoms with E-state index >= 15 is 0 Å². The first-order valence-corrected chi connectivity index (χ1v) is 7.16. The SMILES string of the molecule is CC1=C[C@H](C)[C@H]2CO[C@H](c3ccc(O)cc3)[C@@H]1[C@H]2C. The van der Waals surface area contributed by atoms with Gasteiger partial charge < -0.3 is 9.84 Å². The summed E-state index contributed by atoms with van der Waals surface area (Å²) in [7, 11) is 0. The van der Waals surface area contributed by atoms with E-state index in [9.17, 15) is 5.11 Å². The molecule has 1 aliphatic carbocycles. The van der Waals surface area contributed by atoms with Crippen molar-refractivity contribution in [3.05, 3.63) is 41.5 Å². The van der Waals surface area contributed by atoms with Crippen LogP contribution in [-0.2, 0) is 4.74 Å². The van der Waals surface area contributed by atoms with Crippen LogP contribution in [0.1, 0.15) is 32.4 Å². The van der Waals surface area contributed by atoms with Gasteiger partial charge in [0.2, 0.25) is 0 Å². The smallest absolute Gasteiger partial charge is 0.115 e. The molecule has 0 unspecified atom stereocenters. The summed E-state index contributed by atoms with van der Waals surface area (Å²) in [5, 5.41) is 9.42. The van der Waals surface area contributed by atoms with Crippen molar-refractivity contribution in [3.63, 3.8) is 0 Å². The van der Waals surface area contributed by atoms with Crippen molar-refractivity contribution in [2.75, 3.05) is 6.61 Å². The van der Waals surface area contributed by atoms with Crippen LogP contribution in [0.25, 0.3) is 0 Å². The number of benzene rings is 1. The van der Waals surface area contributed by atoms with Gasteiger partial charge in [-0.15, -0.1) is 0 Å². The molecule has 1 aliphatic heterocycles. The molecular weight excluding hydrogens is 236 g/mol. The lowest BCUT2D eigenvalue weighted by Crippen LogP contribution is -2.42. The molecule has 3 rings (SSSR count). The van der Waals surface area contributed by atoms with Crippen LogP contribution in [0, 0.1) is 23.7 Å². The maximum absolute atomic E-state index is 9.42. The lowest BCUT2D eigenvalue weighted by atomic mass is 9.64. The van der Waals surface area contributed by atoms with E-state index in [4.69, 9.17) is 4.74 Å². The number of phenols is 1. The Morgan fingerprint density at radius 1 is 1.16 bits per heavy atom. The molecule has 1 N–H and O–H groups in total. The highest BCUT2D eigenvalue weighted by molar-refractivity contribution is 5.30. The van der Waals surface area contributed by atoms with E-state index in [-0.39, 0.29) is 6.10 Å². The minimum absolute atomic E-state index is 0.135. The van der Waals surface area contributed by atoms with Crippen LogP contribution in [0.4, 0.5) is 0 Å². The highest BCUT2D eigenvalue weighted by Crippen LogP contribution is 2.49. The number of hydrogen-bond donors (Lipinski definition) is 1. The predicted molar refractivity (Wildman–Crippen MR) is 75.9 cm³/mol. The largest absolute Gasteiger partial charge is 0.508 e. The zero-order chi connectivity index (χ0) is 13.6. The van der Waals surface area contributed by atoms with Crippen molar-refractivity contribution >= 4 is 0 Å². The monoisotopic (exact) mass is 258 g/mol. The zero-order valence-corrected chi connectivity index (χ0v) is 11.8. The Morgan fingerprint density at radius 2 is 1.84 bits per heavy atom. The number of rotatable bonds is 1.